The number of nitrogens with zero attached hydrogens (tertiary/aromatic N) is 6. The number of halogens is 3. The Kier molecular flexibility index (Phi) is 9.40. The number of pyridine rings is 1. The lowest BCUT2D eigenvalue weighted by Crippen LogP contribution is -2.46. The molecule has 0 bridgehead atoms. The van der Waals surface area contributed by atoms with Gasteiger partial charge in [-0.1, -0.05) is 24.3 Å². The summed E-state index contributed by atoms with van der Waals surface area (Å²) in [6.45, 7) is 5.40. The molecule has 1 N–H and O–H groups in total. The molecule has 10 nitrogen and oxygen atoms in total. The number of nitrogens with one attached hydrogen (secondary N) is 1. The summed E-state index contributed by atoms with van der Waals surface area (Å²) >= 11 is 0. The van der Waals surface area contributed by atoms with Crippen LogP contribution >= 0.6 is 0 Å². The van der Waals surface area contributed by atoms with E-state index in [4.69, 9.17) is 9.47 Å². The van der Waals surface area contributed by atoms with Gasteiger partial charge in [0.05, 0.1) is 31.6 Å². The zero-order valence-corrected chi connectivity index (χ0v) is 27.4. The average molecular weight is 684 g/mol. The maximum atomic E-state index is 15.0. The predicted octanol–water partition coefficient (Wildman–Crippen LogP) is 5.99. The van der Waals surface area contributed by atoms with E-state index in [9.17, 15) is 18.0 Å². The van der Waals surface area contributed by atoms with Crippen LogP contribution in [-0.4, -0.2) is 65.0 Å². The highest BCUT2D eigenvalue weighted by molar-refractivity contribution is 6.03. The zero-order valence-electron chi connectivity index (χ0n) is 27.4. The van der Waals surface area contributed by atoms with Crippen molar-refractivity contribution in [2.24, 2.45) is 5.92 Å². The number of anilines is 3. The first-order valence-electron chi connectivity index (χ1n) is 16.4. The Morgan fingerprint density at radius 1 is 0.980 bits per heavy atom. The zero-order chi connectivity index (χ0) is 34.7. The second-order valence-corrected chi connectivity index (χ2v) is 12.7. The molecule has 2 atom stereocenters. The fraction of sp³-hybridized carbons (Fsp3) is 0.297. The van der Waals surface area contributed by atoms with Gasteiger partial charge in [0, 0.05) is 61.0 Å². The number of benzene rings is 3. The first-order chi connectivity index (χ1) is 24.3. The monoisotopic (exact) mass is 683 g/mol. The van der Waals surface area contributed by atoms with Crippen LogP contribution in [0.3, 0.4) is 0 Å². The summed E-state index contributed by atoms with van der Waals surface area (Å²) in [4.78, 5) is 24.9. The highest BCUT2D eigenvalue weighted by Crippen LogP contribution is 2.42. The molecule has 13 heteroatoms. The number of piperazine rings is 1. The van der Waals surface area contributed by atoms with Crippen LogP contribution in [0.2, 0.25) is 0 Å². The van der Waals surface area contributed by atoms with E-state index >= 15 is 0 Å². The van der Waals surface area contributed by atoms with Crippen molar-refractivity contribution in [3.63, 3.8) is 0 Å². The number of carbonyl (C=O) groups is 1. The van der Waals surface area contributed by atoms with Gasteiger partial charge in [-0.2, -0.15) is 5.10 Å². The van der Waals surface area contributed by atoms with Gasteiger partial charge in [0.2, 0.25) is 0 Å². The molecular formula is C37H36F3N7O3. The minimum absolute atomic E-state index is 0.0455. The third kappa shape index (κ3) is 7.13. The minimum Gasteiger partial charge on any atom is -0.493 e. The molecule has 2 aliphatic rings. The van der Waals surface area contributed by atoms with Crippen molar-refractivity contribution in [1.82, 2.24) is 19.7 Å². The van der Waals surface area contributed by atoms with Crippen LogP contribution in [0.5, 0.6) is 5.75 Å². The SMILES string of the molecule is Cc1cc(N2CCN(c3cc(NC(=O)c4ccccc4)ncc3F)CC2)ccc1OC[C@@H]1CO[C@@](Cn2cncn2)(c2ccc(F)cc2F)C1. The maximum Gasteiger partial charge on any atom is 0.256 e. The van der Waals surface area contributed by atoms with Gasteiger partial charge in [-0.05, 0) is 55.3 Å². The summed E-state index contributed by atoms with van der Waals surface area (Å²) in [6.07, 6.45) is 4.54. The molecule has 2 aromatic heterocycles. The number of hydrogen-bond donors (Lipinski definition) is 1. The van der Waals surface area contributed by atoms with E-state index in [0.29, 0.717) is 57.1 Å². The molecule has 0 radical (unpaired) electrons. The van der Waals surface area contributed by atoms with Crippen LogP contribution in [0, 0.1) is 30.3 Å². The van der Waals surface area contributed by atoms with Crippen molar-refractivity contribution in [2.75, 3.05) is 54.5 Å². The van der Waals surface area contributed by atoms with Crippen molar-refractivity contribution < 1.29 is 27.4 Å². The number of aromatic nitrogens is 4. The van der Waals surface area contributed by atoms with Crippen LogP contribution in [-0.2, 0) is 16.9 Å². The number of amides is 1. The molecule has 5 aromatic rings. The molecule has 0 saturated carbocycles. The molecule has 2 fully saturated rings. The molecule has 2 saturated heterocycles. The Morgan fingerprint density at radius 2 is 1.78 bits per heavy atom. The Balaban J connectivity index is 0.958. The largest absolute Gasteiger partial charge is 0.493 e. The van der Waals surface area contributed by atoms with Gasteiger partial charge in [0.25, 0.3) is 5.91 Å². The summed E-state index contributed by atoms with van der Waals surface area (Å²) in [7, 11) is 0. The molecule has 1 amide bonds. The van der Waals surface area contributed by atoms with Crippen LogP contribution in [0.4, 0.5) is 30.4 Å². The number of carbonyl (C=O) groups excluding carboxylic acids is 1. The lowest BCUT2D eigenvalue weighted by Gasteiger charge is -2.37. The Labute approximate surface area is 287 Å². The fourth-order valence-corrected chi connectivity index (χ4v) is 6.71. The number of ether oxygens (including phenoxy) is 2. The smallest absolute Gasteiger partial charge is 0.256 e. The third-order valence-corrected chi connectivity index (χ3v) is 9.25. The number of hydrogen-bond acceptors (Lipinski definition) is 8. The van der Waals surface area contributed by atoms with Crippen molar-refractivity contribution in [1.29, 1.82) is 0 Å². The van der Waals surface area contributed by atoms with Gasteiger partial charge < -0.3 is 24.6 Å². The van der Waals surface area contributed by atoms with Gasteiger partial charge in [-0.25, -0.2) is 27.8 Å². The Hall–Kier alpha value is -5.43. The van der Waals surface area contributed by atoms with E-state index in [-0.39, 0.29) is 29.8 Å². The molecule has 2 aliphatic heterocycles. The van der Waals surface area contributed by atoms with E-state index in [1.165, 1.54) is 18.5 Å². The summed E-state index contributed by atoms with van der Waals surface area (Å²) < 4.78 is 57.7. The van der Waals surface area contributed by atoms with Crippen LogP contribution in [0.25, 0.3) is 0 Å². The Morgan fingerprint density at radius 3 is 2.52 bits per heavy atom. The van der Waals surface area contributed by atoms with E-state index in [2.05, 4.69) is 31.3 Å². The molecular weight excluding hydrogens is 647 g/mol. The quantitative estimate of drug-likeness (QED) is 0.192. The van der Waals surface area contributed by atoms with Gasteiger partial charge in [0.1, 0.15) is 41.5 Å². The van der Waals surface area contributed by atoms with Crippen LogP contribution < -0.4 is 19.9 Å². The number of aryl methyl sites for hydroxylation is 1. The first-order valence-corrected chi connectivity index (χ1v) is 16.4. The fourth-order valence-electron chi connectivity index (χ4n) is 6.71. The first kappa shape index (κ1) is 33.1. The van der Waals surface area contributed by atoms with Crippen molar-refractivity contribution in [3.05, 3.63) is 126 Å². The molecule has 50 heavy (non-hydrogen) atoms. The lowest BCUT2D eigenvalue weighted by molar-refractivity contribution is -0.0206. The van der Waals surface area contributed by atoms with Gasteiger partial charge in [-0.3, -0.25) is 4.79 Å². The maximum absolute atomic E-state index is 15.0. The average Bonchev–Trinajstić information content (AvgIpc) is 3.79. The minimum atomic E-state index is -1.04. The normalized spacial score (nSPS) is 19.1. The lowest BCUT2D eigenvalue weighted by atomic mass is 9.87. The van der Waals surface area contributed by atoms with Crippen LogP contribution in [0.1, 0.15) is 27.9 Å². The third-order valence-electron chi connectivity index (χ3n) is 9.25. The number of rotatable bonds is 10. The molecule has 0 spiro atoms. The van der Waals surface area contributed by atoms with E-state index in [1.54, 1.807) is 41.3 Å². The van der Waals surface area contributed by atoms with Crippen molar-refractivity contribution >= 4 is 23.1 Å². The van der Waals surface area contributed by atoms with Crippen molar-refractivity contribution in [2.45, 2.75) is 25.5 Å². The second-order valence-electron chi connectivity index (χ2n) is 12.7. The molecule has 3 aromatic carbocycles. The van der Waals surface area contributed by atoms with Gasteiger partial charge >= 0.3 is 0 Å². The molecule has 0 unspecified atom stereocenters. The molecule has 7 rings (SSSR count). The standard InChI is InChI=1S/C37H36F3N7O3/c1-25-15-29(45-11-13-46(14-12-45)33-17-35(42-19-32(33)40)44-36(48)27-5-3-2-4-6-27)8-10-34(25)49-20-26-18-37(50-21-26,22-47-24-41-23-43-47)30-9-7-28(38)16-31(30)39/h2-10,15-17,19,23-24,26H,11-14,18,20-22H2,1H3,(H,42,44,48)/t26-,37+/m1/s1. The summed E-state index contributed by atoms with van der Waals surface area (Å²) in [5, 5.41) is 6.94. The summed E-state index contributed by atoms with van der Waals surface area (Å²) in [5.74, 6) is -1.09. The van der Waals surface area contributed by atoms with Gasteiger partial charge in [-0.15, -0.1) is 0 Å². The summed E-state index contributed by atoms with van der Waals surface area (Å²) in [5.41, 5.74) is 2.11. The van der Waals surface area contributed by atoms with E-state index in [0.717, 1.165) is 29.3 Å². The van der Waals surface area contributed by atoms with E-state index in [1.807, 2.05) is 30.0 Å². The van der Waals surface area contributed by atoms with Crippen LogP contribution in [0.15, 0.2) is 91.6 Å². The van der Waals surface area contributed by atoms with E-state index < -0.39 is 23.1 Å². The topological polar surface area (TPSA) is 97.6 Å². The second kappa shape index (κ2) is 14.2. The van der Waals surface area contributed by atoms with Crippen molar-refractivity contribution in [3.8, 4) is 5.75 Å². The Bertz CT molecular complexity index is 1960. The highest BCUT2D eigenvalue weighted by Gasteiger charge is 2.44. The predicted molar refractivity (Wildman–Crippen MR) is 182 cm³/mol. The molecule has 258 valence electrons. The molecule has 4 heterocycles. The molecule has 0 aliphatic carbocycles. The highest BCUT2D eigenvalue weighted by atomic mass is 19.1. The van der Waals surface area contributed by atoms with Gasteiger partial charge in [0.15, 0.2) is 5.82 Å². The summed E-state index contributed by atoms with van der Waals surface area (Å²) in [6, 6.07) is 19.9.